The van der Waals surface area contributed by atoms with Gasteiger partial charge in [-0.3, -0.25) is 14.2 Å². The Kier molecular flexibility index (Phi) is 4.40. The molecule has 0 fully saturated rings. The zero-order chi connectivity index (χ0) is 14.7. The van der Waals surface area contributed by atoms with Crippen LogP contribution in [0.3, 0.4) is 0 Å². The van der Waals surface area contributed by atoms with Gasteiger partial charge < -0.3 is 15.2 Å². The minimum absolute atomic E-state index is 0.168. The van der Waals surface area contributed by atoms with Gasteiger partial charge in [0, 0.05) is 25.6 Å². The van der Waals surface area contributed by atoms with Crippen molar-refractivity contribution >= 4 is 23.6 Å². The lowest BCUT2D eigenvalue weighted by atomic mass is 10.2. The van der Waals surface area contributed by atoms with Crippen LogP contribution in [0, 0.1) is 0 Å². The molecule has 1 unspecified atom stereocenters. The van der Waals surface area contributed by atoms with Crippen LogP contribution in [0.1, 0.15) is 10.4 Å². The Bertz CT molecular complexity index is 600. The lowest BCUT2D eigenvalue weighted by Crippen LogP contribution is -2.45. The van der Waals surface area contributed by atoms with E-state index in [1.807, 2.05) is 0 Å². The Morgan fingerprint density at radius 1 is 1.65 bits per heavy atom. The summed E-state index contributed by atoms with van der Waals surface area (Å²) in [6.45, 7) is 0.310. The third kappa shape index (κ3) is 2.83. The van der Waals surface area contributed by atoms with Gasteiger partial charge >= 0.3 is 5.97 Å². The van der Waals surface area contributed by atoms with Crippen LogP contribution in [0.2, 0.25) is 0 Å². The number of carbonyl (C=O) groups excluding carboxylic acids is 1. The first-order chi connectivity index (χ1) is 9.54. The smallest absolute Gasteiger partial charge is 0.328 e. The van der Waals surface area contributed by atoms with Gasteiger partial charge in [-0.25, -0.2) is 9.78 Å². The highest BCUT2D eigenvalue weighted by atomic mass is 32.2. The number of thioether (sulfide) groups is 1. The Balaban J connectivity index is 2.22. The largest absolute Gasteiger partial charge is 0.480 e. The molecule has 0 radical (unpaired) electrons. The van der Waals surface area contributed by atoms with Crippen LogP contribution >= 0.6 is 11.8 Å². The average molecular weight is 299 g/mol. The Labute approximate surface area is 118 Å². The van der Waals surface area contributed by atoms with E-state index in [0.29, 0.717) is 11.7 Å². The highest BCUT2D eigenvalue weighted by Crippen LogP contribution is 2.20. The van der Waals surface area contributed by atoms with Crippen molar-refractivity contribution in [2.45, 2.75) is 17.7 Å². The summed E-state index contributed by atoms with van der Waals surface area (Å²) in [5.41, 5.74) is -0.627. The fourth-order valence-corrected chi connectivity index (χ4v) is 2.66. The maximum atomic E-state index is 12.1. The van der Waals surface area contributed by atoms with Gasteiger partial charge in [0.15, 0.2) is 11.2 Å². The summed E-state index contributed by atoms with van der Waals surface area (Å²) in [5, 5.41) is 11.7. The van der Waals surface area contributed by atoms with Crippen LogP contribution in [0.25, 0.3) is 0 Å². The number of carboxylic acids is 1. The van der Waals surface area contributed by atoms with Crippen molar-refractivity contribution in [2.75, 3.05) is 19.5 Å². The molecule has 1 aromatic heterocycles. The number of aliphatic carboxylic acids is 1. The number of rotatable bonds is 5. The standard InChI is InChI=1S/C11H13N3O5S/c1-19-5-7(10(17)18)13-8(15)6-4-12-11-14(9(6)16)2-3-20-11/h4,7H,2-3,5H2,1H3,(H,13,15)(H,17,18). The second kappa shape index (κ2) is 6.06. The Hall–Kier alpha value is -1.87. The van der Waals surface area contributed by atoms with Gasteiger partial charge in [0.1, 0.15) is 5.56 Å². The van der Waals surface area contributed by atoms with Gasteiger partial charge in [0.2, 0.25) is 0 Å². The number of nitrogens with zero attached hydrogens (tertiary/aromatic N) is 2. The number of carboxylic acid groups (broad SMARTS) is 1. The van der Waals surface area contributed by atoms with Crippen molar-refractivity contribution < 1.29 is 19.4 Å². The summed E-state index contributed by atoms with van der Waals surface area (Å²) in [5.74, 6) is -1.27. The summed E-state index contributed by atoms with van der Waals surface area (Å²) in [6.07, 6.45) is 1.17. The molecule has 2 heterocycles. The summed E-state index contributed by atoms with van der Waals surface area (Å²) >= 11 is 1.44. The van der Waals surface area contributed by atoms with Gasteiger partial charge in [0.25, 0.3) is 11.5 Å². The van der Waals surface area contributed by atoms with E-state index in [9.17, 15) is 14.4 Å². The molecular weight excluding hydrogens is 286 g/mol. The summed E-state index contributed by atoms with van der Waals surface area (Å²) in [4.78, 5) is 39.0. The monoisotopic (exact) mass is 299 g/mol. The van der Waals surface area contributed by atoms with E-state index >= 15 is 0 Å². The molecule has 1 aliphatic heterocycles. The maximum Gasteiger partial charge on any atom is 0.328 e. The maximum absolute atomic E-state index is 12.1. The minimum atomic E-state index is -1.23. The van der Waals surface area contributed by atoms with Crippen LogP contribution in [-0.4, -0.2) is 52.0 Å². The number of carbonyl (C=O) groups is 2. The van der Waals surface area contributed by atoms with Crippen molar-refractivity contribution in [3.8, 4) is 0 Å². The van der Waals surface area contributed by atoms with Crippen molar-refractivity contribution in [1.82, 2.24) is 14.9 Å². The second-order valence-electron chi connectivity index (χ2n) is 4.08. The molecule has 1 aliphatic rings. The summed E-state index contributed by atoms with van der Waals surface area (Å²) < 4.78 is 6.12. The molecule has 1 atom stereocenters. The van der Waals surface area contributed by atoms with Gasteiger partial charge in [-0.15, -0.1) is 0 Å². The molecule has 1 amide bonds. The first kappa shape index (κ1) is 14.5. The van der Waals surface area contributed by atoms with E-state index < -0.39 is 23.5 Å². The molecule has 108 valence electrons. The van der Waals surface area contributed by atoms with E-state index in [4.69, 9.17) is 9.84 Å². The van der Waals surface area contributed by atoms with E-state index in [1.165, 1.54) is 29.6 Å². The number of hydrogen-bond donors (Lipinski definition) is 2. The van der Waals surface area contributed by atoms with Gasteiger partial charge in [-0.1, -0.05) is 11.8 Å². The number of methoxy groups -OCH3 is 1. The highest BCUT2D eigenvalue weighted by Gasteiger charge is 2.24. The lowest BCUT2D eigenvalue weighted by molar-refractivity contribution is -0.140. The van der Waals surface area contributed by atoms with Gasteiger partial charge in [-0.2, -0.15) is 0 Å². The molecule has 2 rings (SSSR count). The normalized spacial score (nSPS) is 14.7. The highest BCUT2D eigenvalue weighted by molar-refractivity contribution is 7.99. The molecule has 20 heavy (non-hydrogen) atoms. The third-order valence-corrected chi connectivity index (χ3v) is 3.71. The molecule has 0 aromatic carbocycles. The molecule has 0 aliphatic carbocycles. The van der Waals surface area contributed by atoms with Crippen LogP contribution in [0.15, 0.2) is 16.1 Å². The molecule has 0 saturated heterocycles. The van der Waals surface area contributed by atoms with Gasteiger partial charge in [-0.05, 0) is 0 Å². The topological polar surface area (TPSA) is 111 Å². The van der Waals surface area contributed by atoms with Crippen molar-refractivity contribution in [3.63, 3.8) is 0 Å². The second-order valence-corrected chi connectivity index (χ2v) is 5.14. The van der Waals surface area contributed by atoms with Crippen LogP contribution in [-0.2, 0) is 16.1 Å². The molecule has 8 nitrogen and oxygen atoms in total. The van der Waals surface area contributed by atoms with Crippen LogP contribution in [0.5, 0.6) is 0 Å². The van der Waals surface area contributed by atoms with E-state index in [0.717, 1.165) is 5.75 Å². The Morgan fingerprint density at radius 3 is 3.05 bits per heavy atom. The van der Waals surface area contributed by atoms with E-state index in [1.54, 1.807) is 0 Å². The van der Waals surface area contributed by atoms with Crippen LogP contribution < -0.4 is 10.9 Å². The Morgan fingerprint density at radius 2 is 2.40 bits per heavy atom. The zero-order valence-corrected chi connectivity index (χ0v) is 11.5. The minimum Gasteiger partial charge on any atom is -0.480 e. The van der Waals surface area contributed by atoms with Gasteiger partial charge in [0.05, 0.1) is 6.61 Å². The molecule has 0 bridgehead atoms. The van der Waals surface area contributed by atoms with E-state index in [-0.39, 0.29) is 12.2 Å². The summed E-state index contributed by atoms with van der Waals surface area (Å²) in [7, 11) is 1.32. The van der Waals surface area contributed by atoms with Crippen molar-refractivity contribution in [1.29, 1.82) is 0 Å². The third-order valence-electron chi connectivity index (χ3n) is 2.74. The van der Waals surface area contributed by atoms with Crippen molar-refractivity contribution in [3.05, 3.63) is 22.1 Å². The first-order valence-electron chi connectivity index (χ1n) is 5.80. The van der Waals surface area contributed by atoms with Crippen molar-refractivity contribution in [2.24, 2.45) is 0 Å². The fourth-order valence-electron chi connectivity index (χ4n) is 1.75. The number of fused-ring (bicyclic) bond motifs is 1. The predicted octanol–water partition coefficient (Wildman–Crippen LogP) is -0.822. The number of ether oxygens (including phenoxy) is 1. The zero-order valence-electron chi connectivity index (χ0n) is 10.7. The molecule has 9 heteroatoms. The molecule has 1 aromatic rings. The first-order valence-corrected chi connectivity index (χ1v) is 6.78. The fraction of sp³-hybridized carbons (Fsp3) is 0.455. The molecule has 0 spiro atoms. The molecule has 0 saturated carbocycles. The van der Waals surface area contributed by atoms with E-state index in [2.05, 4.69) is 10.3 Å². The lowest BCUT2D eigenvalue weighted by Gasteiger charge is -2.13. The SMILES string of the molecule is COCC(NC(=O)c1cnc2n(c1=O)CCS2)C(=O)O. The molecular formula is C11H13N3O5S. The molecule has 2 N–H and O–H groups in total. The quantitative estimate of drug-likeness (QED) is 0.683. The number of aromatic nitrogens is 2. The number of nitrogens with one attached hydrogen (secondary N) is 1. The summed E-state index contributed by atoms with van der Waals surface area (Å²) in [6, 6.07) is -1.21. The van der Waals surface area contributed by atoms with Crippen LogP contribution in [0.4, 0.5) is 0 Å². The predicted molar refractivity (Wildman–Crippen MR) is 70.0 cm³/mol. The number of hydrogen-bond acceptors (Lipinski definition) is 6. The average Bonchev–Trinajstić information content (AvgIpc) is 2.87. The number of amides is 1.